The molecule has 0 bridgehead atoms. The Hall–Kier alpha value is -3.51. The van der Waals surface area contributed by atoms with Gasteiger partial charge in [0.2, 0.25) is 0 Å². The Balaban J connectivity index is 2.33. The van der Waals surface area contributed by atoms with Crippen molar-refractivity contribution in [3.8, 4) is 17.9 Å². The Bertz CT molecular complexity index is 794. The molecule has 0 spiro atoms. The Kier molecular flexibility index (Phi) is 5.76. The number of nitrogens with zero attached hydrogens (tertiary/aromatic N) is 3. The van der Waals surface area contributed by atoms with Crippen LogP contribution >= 0.6 is 0 Å². The van der Waals surface area contributed by atoms with Crippen LogP contribution in [0.5, 0.6) is 5.75 Å². The summed E-state index contributed by atoms with van der Waals surface area (Å²) in [7, 11) is 1.55. The number of carbonyl (C=O) groups is 1. The van der Waals surface area contributed by atoms with E-state index in [0.29, 0.717) is 17.2 Å². The van der Waals surface area contributed by atoms with Crippen molar-refractivity contribution < 1.29 is 13.9 Å². The highest BCUT2D eigenvalue weighted by Gasteiger charge is 2.20. The smallest absolute Gasteiger partial charge is 0.269 e. The molecule has 0 unspecified atom stereocenters. The summed E-state index contributed by atoms with van der Waals surface area (Å²) in [5.41, 5.74) is 0.510. The van der Waals surface area contributed by atoms with Gasteiger partial charge in [-0.25, -0.2) is 0 Å². The number of hydrogen-bond acceptors (Lipinski definition) is 5. The van der Waals surface area contributed by atoms with Gasteiger partial charge in [-0.1, -0.05) is 0 Å². The van der Waals surface area contributed by atoms with Crippen LogP contribution in [0.4, 0.5) is 5.69 Å². The first-order valence-electron chi connectivity index (χ1n) is 7.17. The molecule has 6 heteroatoms. The second-order valence-corrected chi connectivity index (χ2v) is 4.75. The first-order valence-corrected chi connectivity index (χ1v) is 7.17. The molecule has 24 heavy (non-hydrogen) atoms. The fourth-order valence-corrected chi connectivity index (χ4v) is 2.07. The summed E-state index contributed by atoms with van der Waals surface area (Å²) in [6.07, 6.45) is 2.99. The van der Waals surface area contributed by atoms with Crippen LogP contribution in [0.25, 0.3) is 6.08 Å². The summed E-state index contributed by atoms with van der Waals surface area (Å²) in [5, 5.41) is 18.1. The second-order valence-electron chi connectivity index (χ2n) is 4.75. The van der Waals surface area contributed by atoms with Crippen molar-refractivity contribution in [1.29, 1.82) is 10.5 Å². The molecule has 1 amide bonds. The number of rotatable bonds is 6. The molecule has 1 heterocycles. The van der Waals surface area contributed by atoms with Gasteiger partial charge in [-0.05, 0) is 36.4 Å². The van der Waals surface area contributed by atoms with Gasteiger partial charge in [0, 0.05) is 18.3 Å². The fraction of sp³-hybridized carbons (Fsp3) is 0.167. The lowest BCUT2D eigenvalue weighted by Crippen LogP contribution is -2.32. The van der Waals surface area contributed by atoms with Gasteiger partial charge in [0.25, 0.3) is 5.91 Å². The predicted octanol–water partition coefficient (Wildman–Crippen LogP) is 3.14. The summed E-state index contributed by atoms with van der Waals surface area (Å²) in [4.78, 5) is 14.1. The molecular weight excluding hydrogens is 306 g/mol. The molecule has 2 rings (SSSR count). The van der Waals surface area contributed by atoms with E-state index in [9.17, 15) is 10.1 Å². The van der Waals surface area contributed by atoms with Gasteiger partial charge >= 0.3 is 0 Å². The van der Waals surface area contributed by atoms with Crippen LogP contribution in [0.15, 0.2) is 52.7 Å². The van der Waals surface area contributed by atoms with Gasteiger partial charge in [0.15, 0.2) is 0 Å². The average molecular weight is 321 g/mol. The number of methoxy groups -OCH3 is 1. The van der Waals surface area contributed by atoms with Gasteiger partial charge in [-0.2, -0.15) is 10.5 Å². The monoisotopic (exact) mass is 321 g/mol. The predicted molar refractivity (Wildman–Crippen MR) is 87.9 cm³/mol. The van der Waals surface area contributed by atoms with Crippen LogP contribution in [0.2, 0.25) is 0 Å². The van der Waals surface area contributed by atoms with Gasteiger partial charge < -0.3 is 14.1 Å². The van der Waals surface area contributed by atoms with Crippen molar-refractivity contribution in [3.05, 3.63) is 54.0 Å². The molecule has 1 aromatic heterocycles. The first-order chi connectivity index (χ1) is 11.7. The summed E-state index contributed by atoms with van der Waals surface area (Å²) in [5.74, 6) is 0.572. The van der Waals surface area contributed by atoms with E-state index in [1.807, 2.05) is 12.1 Å². The van der Waals surface area contributed by atoms with Crippen LogP contribution in [-0.4, -0.2) is 19.6 Å². The Labute approximate surface area is 139 Å². The Morgan fingerprint density at radius 3 is 2.58 bits per heavy atom. The van der Waals surface area contributed by atoms with Crippen LogP contribution < -0.4 is 9.64 Å². The molecule has 120 valence electrons. The van der Waals surface area contributed by atoms with E-state index in [1.165, 1.54) is 17.2 Å². The number of furan rings is 1. The molecular formula is C18H15N3O3. The third kappa shape index (κ3) is 4.02. The van der Waals surface area contributed by atoms with Gasteiger partial charge in [-0.3, -0.25) is 4.79 Å². The molecule has 2 aromatic rings. The van der Waals surface area contributed by atoms with Crippen LogP contribution in [0, 0.1) is 22.7 Å². The molecule has 0 saturated heterocycles. The van der Waals surface area contributed by atoms with E-state index in [2.05, 4.69) is 0 Å². The number of carbonyl (C=O) groups excluding carboxylic acids is 1. The molecule has 0 atom stereocenters. The summed E-state index contributed by atoms with van der Waals surface area (Å²) >= 11 is 0. The first kappa shape index (κ1) is 16.9. The van der Waals surface area contributed by atoms with Crippen molar-refractivity contribution in [1.82, 2.24) is 0 Å². The quantitative estimate of drug-likeness (QED) is 0.602. The molecule has 0 N–H and O–H groups in total. The van der Waals surface area contributed by atoms with Gasteiger partial charge in [-0.15, -0.1) is 0 Å². The SMILES string of the molecule is COc1ccc(N(CCC#N)C(=O)C(C#N)=Cc2ccco2)cc1. The van der Waals surface area contributed by atoms with Crippen molar-refractivity contribution in [2.45, 2.75) is 6.42 Å². The zero-order chi connectivity index (χ0) is 17.4. The van der Waals surface area contributed by atoms with Gasteiger partial charge in [0.05, 0.1) is 25.9 Å². The molecule has 0 aliphatic carbocycles. The zero-order valence-electron chi connectivity index (χ0n) is 13.1. The van der Waals surface area contributed by atoms with E-state index in [4.69, 9.17) is 14.4 Å². The lowest BCUT2D eigenvalue weighted by Gasteiger charge is -2.21. The molecule has 0 aliphatic rings. The summed E-state index contributed by atoms with van der Waals surface area (Å²) < 4.78 is 10.2. The lowest BCUT2D eigenvalue weighted by molar-refractivity contribution is -0.114. The van der Waals surface area contributed by atoms with Crippen LogP contribution in [0.1, 0.15) is 12.2 Å². The van der Waals surface area contributed by atoms with E-state index >= 15 is 0 Å². The lowest BCUT2D eigenvalue weighted by atomic mass is 10.1. The van der Waals surface area contributed by atoms with Crippen molar-refractivity contribution >= 4 is 17.7 Å². The third-order valence-electron chi connectivity index (χ3n) is 3.26. The van der Waals surface area contributed by atoms with Crippen LogP contribution in [-0.2, 0) is 4.79 Å². The van der Waals surface area contributed by atoms with Crippen molar-refractivity contribution in [2.75, 3.05) is 18.6 Å². The molecule has 0 aliphatic heterocycles. The molecule has 0 fully saturated rings. The number of nitriles is 2. The third-order valence-corrected chi connectivity index (χ3v) is 3.26. The topological polar surface area (TPSA) is 90.3 Å². The van der Waals surface area contributed by atoms with E-state index in [1.54, 1.807) is 43.5 Å². The van der Waals surface area contributed by atoms with Crippen molar-refractivity contribution in [3.63, 3.8) is 0 Å². The van der Waals surface area contributed by atoms with Crippen LogP contribution in [0.3, 0.4) is 0 Å². The summed E-state index contributed by atoms with van der Waals surface area (Å²) in [6.45, 7) is 0.179. The largest absolute Gasteiger partial charge is 0.497 e. The zero-order valence-corrected chi connectivity index (χ0v) is 13.1. The standard InChI is InChI=1S/C18H15N3O3/c1-23-16-7-5-15(6-8-16)21(10-3-9-19)18(22)14(13-20)12-17-4-2-11-24-17/h2,4-8,11-12H,3,10H2,1H3. The van der Waals surface area contributed by atoms with E-state index in [0.717, 1.165) is 0 Å². The molecule has 1 aromatic carbocycles. The number of amides is 1. The molecule has 0 saturated carbocycles. The minimum Gasteiger partial charge on any atom is -0.497 e. The average Bonchev–Trinajstić information content (AvgIpc) is 3.13. The molecule has 6 nitrogen and oxygen atoms in total. The van der Waals surface area contributed by atoms with Gasteiger partial charge in [0.1, 0.15) is 23.2 Å². The fourth-order valence-electron chi connectivity index (χ4n) is 2.07. The number of benzene rings is 1. The Morgan fingerprint density at radius 1 is 1.29 bits per heavy atom. The second kappa shape index (κ2) is 8.21. The van der Waals surface area contributed by atoms with Crippen molar-refractivity contribution in [2.24, 2.45) is 0 Å². The maximum atomic E-state index is 12.7. The minimum absolute atomic E-state index is 0.0706. The van der Waals surface area contributed by atoms with E-state index < -0.39 is 5.91 Å². The Morgan fingerprint density at radius 2 is 2.04 bits per heavy atom. The number of hydrogen-bond donors (Lipinski definition) is 0. The maximum Gasteiger partial charge on any atom is 0.269 e. The number of anilines is 1. The minimum atomic E-state index is -0.491. The number of ether oxygens (including phenoxy) is 1. The highest BCUT2D eigenvalue weighted by atomic mass is 16.5. The maximum absolute atomic E-state index is 12.7. The molecule has 0 radical (unpaired) electrons. The summed E-state index contributed by atoms with van der Waals surface area (Å²) in [6, 6.07) is 14.1. The highest BCUT2D eigenvalue weighted by Crippen LogP contribution is 2.22. The van der Waals surface area contributed by atoms with E-state index in [-0.39, 0.29) is 18.5 Å². The highest BCUT2D eigenvalue weighted by molar-refractivity contribution is 6.11. The normalized spacial score (nSPS) is 10.5.